The predicted molar refractivity (Wildman–Crippen MR) is 91.4 cm³/mol. The van der Waals surface area contributed by atoms with Gasteiger partial charge in [-0.05, 0) is 59.3 Å². The molecule has 0 fully saturated rings. The van der Waals surface area contributed by atoms with Crippen molar-refractivity contribution in [2.75, 3.05) is 19.5 Å². The standard InChI is InChI=1S/C16H16INO3/c1-10-4-5-11(8-13(10)17)16(19)18-12-6-7-14(20-2)15(9-12)21-3/h4-9H,1-3H3,(H,18,19). The number of carbonyl (C=O) groups excluding carboxylic acids is 1. The van der Waals surface area contributed by atoms with Crippen molar-refractivity contribution in [3.8, 4) is 11.5 Å². The van der Waals surface area contributed by atoms with Gasteiger partial charge in [-0.1, -0.05) is 6.07 Å². The highest BCUT2D eigenvalue weighted by Gasteiger charge is 2.10. The van der Waals surface area contributed by atoms with Crippen LogP contribution in [0.3, 0.4) is 0 Å². The lowest BCUT2D eigenvalue weighted by atomic mass is 10.1. The van der Waals surface area contributed by atoms with Gasteiger partial charge in [0.15, 0.2) is 11.5 Å². The van der Waals surface area contributed by atoms with Crippen LogP contribution in [0.15, 0.2) is 36.4 Å². The monoisotopic (exact) mass is 397 g/mol. The molecule has 2 rings (SSSR count). The third-order valence-corrected chi connectivity index (χ3v) is 4.24. The molecule has 0 saturated heterocycles. The van der Waals surface area contributed by atoms with E-state index < -0.39 is 0 Å². The van der Waals surface area contributed by atoms with Gasteiger partial charge < -0.3 is 14.8 Å². The highest BCUT2D eigenvalue weighted by molar-refractivity contribution is 14.1. The molecule has 1 amide bonds. The van der Waals surface area contributed by atoms with Crippen molar-refractivity contribution in [1.29, 1.82) is 0 Å². The Morgan fingerprint density at radius 3 is 2.38 bits per heavy atom. The number of hydrogen-bond donors (Lipinski definition) is 1. The zero-order valence-electron chi connectivity index (χ0n) is 12.1. The predicted octanol–water partition coefficient (Wildman–Crippen LogP) is 3.87. The molecule has 0 aliphatic heterocycles. The fraction of sp³-hybridized carbons (Fsp3) is 0.188. The van der Waals surface area contributed by atoms with E-state index in [0.29, 0.717) is 22.7 Å². The summed E-state index contributed by atoms with van der Waals surface area (Å²) in [6, 6.07) is 10.9. The van der Waals surface area contributed by atoms with Gasteiger partial charge >= 0.3 is 0 Å². The number of methoxy groups -OCH3 is 2. The molecular weight excluding hydrogens is 381 g/mol. The molecule has 110 valence electrons. The van der Waals surface area contributed by atoms with Gasteiger partial charge in [0.2, 0.25) is 0 Å². The first kappa shape index (κ1) is 15.6. The van der Waals surface area contributed by atoms with Crippen molar-refractivity contribution < 1.29 is 14.3 Å². The molecule has 0 aliphatic carbocycles. The van der Waals surface area contributed by atoms with Gasteiger partial charge in [0.05, 0.1) is 14.2 Å². The maximum atomic E-state index is 12.2. The second kappa shape index (κ2) is 6.80. The minimum atomic E-state index is -0.153. The number of halogens is 1. The van der Waals surface area contributed by atoms with Crippen LogP contribution >= 0.6 is 22.6 Å². The van der Waals surface area contributed by atoms with Crippen LogP contribution in [0.5, 0.6) is 11.5 Å². The number of nitrogens with one attached hydrogen (secondary N) is 1. The molecule has 0 unspecified atom stereocenters. The van der Waals surface area contributed by atoms with Gasteiger partial charge in [0.25, 0.3) is 5.91 Å². The second-order valence-electron chi connectivity index (χ2n) is 4.49. The molecule has 5 heteroatoms. The van der Waals surface area contributed by atoms with Crippen molar-refractivity contribution in [2.45, 2.75) is 6.92 Å². The molecule has 2 aromatic rings. The number of benzene rings is 2. The number of ether oxygens (including phenoxy) is 2. The normalized spacial score (nSPS) is 10.1. The van der Waals surface area contributed by atoms with E-state index in [4.69, 9.17) is 9.47 Å². The number of aryl methyl sites for hydroxylation is 1. The van der Waals surface area contributed by atoms with E-state index in [-0.39, 0.29) is 5.91 Å². The largest absolute Gasteiger partial charge is 0.493 e. The van der Waals surface area contributed by atoms with Crippen molar-refractivity contribution >= 4 is 34.2 Å². The van der Waals surface area contributed by atoms with E-state index in [0.717, 1.165) is 9.13 Å². The molecule has 0 saturated carbocycles. The fourth-order valence-electron chi connectivity index (χ4n) is 1.85. The van der Waals surface area contributed by atoms with E-state index in [9.17, 15) is 4.79 Å². The number of anilines is 1. The third kappa shape index (κ3) is 3.66. The zero-order valence-corrected chi connectivity index (χ0v) is 14.2. The van der Waals surface area contributed by atoms with Crippen LogP contribution in [0, 0.1) is 10.5 Å². The average Bonchev–Trinajstić information content (AvgIpc) is 2.49. The molecule has 0 aliphatic rings. The molecule has 21 heavy (non-hydrogen) atoms. The summed E-state index contributed by atoms with van der Waals surface area (Å²) in [6.45, 7) is 2.01. The van der Waals surface area contributed by atoms with Crippen molar-refractivity contribution in [1.82, 2.24) is 0 Å². The first-order valence-electron chi connectivity index (χ1n) is 6.34. The van der Waals surface area contributed by atoms with Crippen LogP contribution < -0.4 is 14.8 Å². The number of rotatable bonds is 4. The lowest BCUT2D eigenvalue weighted by Gasteiger charge is -2.11. The van der Waals surface area contributed by atoms with E-state index in [1.807, 2.05) is 25.1 Å². The molecule has 4 nitrogen and oxygen atoms in total. The first-order valence-corrected chi connectivity index (χ1v) is 7.42. The summed E-state index contributed by atoms with van der Waals surface area (Å²) in [5.41, 5.74) is 2.44. The smallest absolute Gasteiger partial charge is 0.255 e. The van der Waals surface area contributed by atoms with Gasteiger partial charge in [0, 0.05) is 20.9 Å². The minimum absolute atomic E-state index is 0.153. The van der Waals surface area contributed by atoms with E-state index in [1.165, 1.54) is 0 Å². The number of hydrogen-bond acceptors (Lipinski definition) is 3. The Morgan fingerprint density at radius 1 is 1.05 bits per heavy atom. The van der Waals surface area contributed by atoms with Crippen molar-refractivity contribution in [2.24, 2.45) is 0 Å². The highest BCUT2D eigenvalue weighted by atomic mass is 127. The number of carbonyl (C=O) groups is 1. The van der Waals surface area contributed by atoms with Gasteiger partial charge in [-0.3, -0.25) is 4.79 Å². The molecule has 0 atom stereocenters. The van der Waals surface area contributed by atoms with Crippen LogP contribution in [0.4, 0.5) is 5.69 Å². The molecular formula is C16H16INO3. The second-order valence-corrected chi connectivity index (χ2v) is 5.65. The molecule has 0 radical (unpaired) electrons. The molecule has 1 N–H and O–H groups in total. The first-order chi connectivity index (χ1) is 10.0. The lowest BCUT2D eigenvalue weighted by molar-refractivity contribution is 0.102. The summed E-state index contributed by atoms with van der Waals surface area (Å²) in [7, 11) is 3.14. The topological polar surface area (TPSA) is 47.6 Å². The Labute approximate surface area is 137 Å². The molecule has 2 aromatic carbocycles. The summed E-state index contributed by atoms with van der Waals surface area (Å²) in [4.78, 5) is 12.2. The minimum Gasteiger partial charge on any atom is -0.493 e. The van der Waals surface area contributed by atoms with Crippen LogP contribution in [-0.4, -0.2) is 20.1 Å². The van der Waals surface area contributed by atoms with Crippen LogP contribution in [0.25, 0.3) is 0 Å². The van der Waals surface area contributed by atoms with Crippen LogP contribution in [-0.2, 0) is 0 Å². The zero-order chi connectivity index (χ0) is 15.4. The Bertz CT molecular complexity index is 671. The summed E-state index contributed by atoms with van der Waals surface area (Å²) >= 11 is 2.22. The summed E-state index contributed by atoms with van der Waals surface area (Å²) in [5, 5.41) is 2.85. The molecule has 0 spiro atoms. The summed E-state index contributed by atoms with van der Waals surface area (Å²) in [5.74, 6) is 1.05. The van der Waals surface area contributed by atoms with E-state index in [1.54, 1.807) is 32.4 Å². The van der Waals surface area contributed by atoms with E-state index in [2.05, 4.69) is 27.9 Å². The summed E-state index contributed by atoms with van der Waals surface area (Å²) < 4.78 is 11.5. The number of amides is 1. The highest BCUT2D eigenvalue weighted by Crippen LogP contribution is 2.30. The van der Waals surface area contributed by atoms with Crippen molar-refractivity contribution in [3.05, 3.63) is 51.1 Å². The van der Waals surface area contributed by atoms with Gasteiger partial charge in [0.1, 0.15) is 0 Å². The third-order valence-electron chi connectivity index (χ3n) is 3.08. The fourth-order valence-corrected chi connectivity index (χ4v) is 2.37. The van der Waals surface area contributed by atoms with Gasteiger partial charge in [-0.15, -0.1) is 0 Å². The Hall–Kier alpha value is -1.76. The lowest BCUT2D eigenvalue weighted by Crippen LogP contribution is -2.12. The maximum Gasteiger partial charge on any atom is 0.255 e. The Kier molecular flexibility index (Phi) is 5.06. The maximum absolute atomic E-state index is 12.2. The quantitative estimate of drug-likeness (QED) is 0.797. The van der Waals surface area contributed by atoms with Gasteiger partial charge in [-0.2, -0.15) is 0 Å². The van der Waals surface area contributed by atoms with Crippen LogP contribution in [0.2, 0.25) is 0 Å². The Balaban J connectivity index is 2.21. The SMILES string of the molecule is COc1ccc(NC(=O)c2ccc(C)c(I)c2)cc1OC. The van der Waals surface area contributed by atoms with Crippen molar-refractivity contribution in [3.63, 3.8) is 0 Å². The van der Waals surface area contributed by atoms with E-state index >= 15 is 0 Å². The van der Waals surface area contributed by atoms with Crippen LogP contribution in [0.1, 0.15) is 15.9 Å². The van der Waals surface area contributed by atoms with Gasteiger partial charge in [-0.25, -0.2) is 0 Å². The molecule has 0 bridgehead atoms. The molecule has 0 aromatic heterocycles. The average molecular weight is 397 g/mol. The summed E-state index contributed by atoms with van der Waals surface area (Å²) in [6.07, 6.45) is 0. The molecule has 0 heterocycles. The Morgan fingerprint density at radius 2 is 1.76 bits per heavy atom.